The van der Waals surface area contributed by atoms with Gasteiger partial charge in [0.15, 0.2) is 0 Å². The van der Waals surface area contributed by atoms with E-state index in [1.807, 2.05) is 19.9 Å². The molecule has 0 saturated carbocycles. The molecule has 92 valence electrons. The largest absolute Gasteiger partial charge is 0.303 e. The topological polar surface area (TPSA) is 17.1 Å². The molecule has 0 aliphatic rings. The molecular weight excluding hydrogens is 224 g/mol. The fraction of sp³-hybridized carbons (Fsp3) is 0.400. The summed E-state index contributed by atoms with van der Waals surface area (Å²) in [6, 6.07) is 10.6. The van der Waals surface area contributed by atoms with Crippen LogP contribution in [-0.2, 0) is 4.79 Å². The van der Waals surface area contributed by atoms with Crippen molar-refractivity contribution in [1.82, 2.24) is 0 Å². The fourth-order valence-corrected chi connectivity index (χ4v) is 5.93. The fourth-order valence-electron chi connectivity index (χ4n) is 2.43. The Bertz CT molecular complexity index is 381. The quantitative estimate of drug-likeness (QED) is 0.442. The molecule has 0 aliphatic carbocycles. The average Bonchev–Trinajstić information content (AvgIpc) is 2.36. The second-order valence-corrected chi connectivity index (χ2v) is 9.82. The van der Waals surface area contributed by atoms with Crippen LogP contribution in [-0.4, -0.2) is 14.4 Å². The summed E-state index contributed by atoms with van der Waals surface area (Å²) in [6.45, 7) is 8.73. The van der Waals surface area contributed by atoms with Crippen molar-refractivity contribution in [2.45, 2.75) is 32.5 Å². The molecule has 0 N–H and O–H groups in total. The third kappa shape index (κ3) is 3.16. The van der Waals surface area contributed by atoms with Crippen molar-refractivity contribution in [3.05, 3.63) is 42.5 Å². The molecule has 0 heterocycles. The Hall–Kier alpha value is -1.15. The van der Waals surface area contributed by atoms with E-state index in [1.54, 1.807) is 0 Å². The monoisotopic (exact) mass is 246 g/mol. The highest BCUT2D eigenvalue weighted by Crippen LogP contribution is 2.30. The zero-order valence-electron chi connectivity index (χ0n) is 11.2. The summed E-state index contributed by atoms with van der Waals surface area (Å²) >= 11 is 0. The van der Waals surface area contributed by atoms with E-state index in [4.69, 9.17) is 0 Å². The molecule has 0 unspecified atom stereocenters. The summed E-state index contributed by atoms with van der Waals surface area (Å²) in [4.78, 5) is 11.1. The highest BCUT2D eigenvalue weighted by molar-refractivity contribution is 6.91. The third-order valence-corrected chi connectivity index (χ3v) is 7.74. The van der Waals surface area contributed by atoms with Crippen molar-refractivity contribution in [2.75, 3.05) is 0 Å². The molecule has 17 heavy (non-hydrogen) atoms. The lowest BCUT2D eigenvalue weighted by atomic mass is 10.1. The van der Waals surface area contributed by atoms with E-state index in [9.17, 15) is 4.79 Å². The first kappa shape index (κ1) is 13.9. The molecule has 0 saturated heterocycles. The van der Waals surface area contributed by atoms with Crippen molar-refractivity contribution >= 4 is 19.5 Å². The van der Waals surface area contributed by atoms with Gasteiger partial charge in [-0.05, 0) is 12.5 Å². The number of allylic oxidation sites excluding steroid dienone is 2. The van der Waals surface area contributed by atoms with E-state index < -0.39 is 8.07 Å². The molecule has 2 heteroatoms. The van der Waals surface area contributed by atoms with Gasteiger partial charge in [0.1, 0.15) is 6.29 Å². The second-order valence-electron chi connectivity index (χ2n) is 5.13. The molecule has 1 nitrogen and oxygen atoms in total. The third-order valence-electron chi connectivity index (χ3n) is 3.53. The summed E-state index contributed by atoms with van der Waals surface area (Å²) in [5.41, 5.74) is 0.368. The number of hydrogen-bond donors (Lipinski definition) is 0. The highest BCUT2D eigenvalue weighted by atomic mass is 28.3. The maximum Gasteiger partial charge on any atom is 0.123 e. The van der Waals surface area contributed by atoms with Gasteiger partial charge in [-0.1, -0.05) is 67.7 Å². The lowest BCUT2D eigenvalue weighted by Crippen LogP contribution is -2.47. The van der Waals surface area contributed by atoms with E-state index in [1.165, 1.54) is 5.19 Å². The summed E-state index contributed by atoms with van der Waals surface area (Å²) in [5.74, 6) is 0.0908. The van der Waals surface area contributed by atoms with Gasteiger partial charge in [0, 0.05) is 5.92 Å². The Morgan fingerprint density at radius 2 is 1.76 bits per heavy atom. The predicted octanol–water partition coefficient (Wildman–Crippen LogP) is 3.38. The van der Waals surface area contributed by atoms with Crippen LogP contribution in [0, 0.1) is 5.92 Å². The van der Waals surface area contributed by atoms with Crippen molar-refractivity contribution < 1.29 is 4.79 Å². The van der Waals surface area contributed by atoms with Gasteiger partial charge in [-0.3, -0.25) is 0 Å². The van der Waals surface area contributed by atoms with E-state index in [0.29, 0.717) is 5.54 Å². The summed E-state index contributed by atoms with van der Waals surface area (Å²) in [6.07, 6.45) is 5.36. The Morgan fingerprint density at radius 3 is 2.24 bits per heavy atom. The summed E-state index contributed by atoms with van der Waals surface area (Å²) in [5, 5.41) is 1.41. The first-order valence-electron chi connectivity index (χ1n) is 6.17. The Balaban J connectivity index is 3.12. The van der Waals surface area contributed by atoms with Crippen LogP contribution in [0.2, 0.25) is 18.6 Å². The zero-order chi connectivity index (χ0) is 12.9. The van der Waals surface area contributed by atoms with E-state index in [-0.39, 0.29) is 5.92 Å². The van der Waals surface area contributed by atoms with E-state index in [2.05, 4.69) is 49.5 Å². The van der Waals surface area contributed by atoms with Crippen LogP contribution in [0.5, 0.6) is 0 Å². The van der Waals surface area contributed by atoms with Gasteiger partial charge in [0.05, 0.1) is 8.07 Å². The predicted molar refractivity (Wildman–Crippen MR) is 77.4 cm³/mol. The maximum absolute atomic E-state index is 11.1. The van der Waals surface area contributed by atoms with Crippen LogP contribution < -0.4 is 5.19 Å². The first-order valence-corrected chi connectivity index (χ1v) is 9.25. The minimum atomic E-state index is -1.63. The number of rotatable bonds is 5. The van der Waals surface area contributed by atoms with Crippen LogP contribution in [0.3, 0.4) is 0 Å². The molecule has 0 radical (unpaired) electrons. The van der Waals surface area contributed by atoms with Crippen molar-refractivity contribution in [1.29, 1.82) is 0 Å². The molecule has 0 spiro atoms. The van der Waals surface area contributed by atoms with Gasteiger partial charge in [-0.25, -0.2) is 0 Å². The molecule has 0 amide bonds. The smallest absolute Gasteiger partial charge is 0.123 e. The highest BCUT2D eigenvalue weighted by Gasteiger charge is 2.35. The van der Waals surface area contributed by atoms with Crippen LogP contribution in [0.15, 0.2) is 42.5 Å². The van der Waals surface area contributed by atoms with Crippen molar-refractivity contribution in [3.8, 4) is 0 Å². The van der Waals surface area contributed by atoms with Crippen molar-refractivity contribution in [3.63, 3.8) is 0 Å². The zero-order valence-corrected chi connectivity index (χ0v) is 12.2. The van der Waals surface area contributed by atoms with Crippen LogP contribution >= 0.6 is 0 Å². The summed E-state index contributed by atoms with van der Waals surface area (Å²) < 4.78 is 0. The molecule has 0 fully saturated rings. The van der Waals surface area contributed by atoms with Crippen molar-refractivity contribution in [2.24, 2.45) is 5.92 Å². The number of carbonyl (C=O) groups excluding carboxylic acids is 1. The van der Waals surface area contributed by atoms with Gasteiger partial charge >= 0.3 is 0 Å². The molecule has 1 aromatic carbocycles. The molecule has 1 rings (SSSR count). The van der Waals surface area contributed by atoms with Crippen LogP contribution in [0.1, 0.15) is 13.8 Å². The minimum Gasteiger partial charge on any atom is -0.303 e. The molecule has 2 atom stereocenters. The van der Waals surface area contributed by atoms with Crippen LogP contribution in [0.25, 0.3) is 0 Å². The second kappa shape index (κ2) is 5.96. The molecule has 0 aliphatic heterocycles. The first-order chi connectivity index (χ1) is 8.04. The Labute approximate surface area is 106 Å². The lowest BCUT2D eigenvalue weighted by Gasteiger charge is -2.33. The standard InChI is InChI=1S/C15H22OSi/c1-5-9-15(13(2)12-16)17(3,4)14-10-7-6-8-11-14/h5-13,15H,1-4H3/b9-5+/t13-,15+/m0/s1. The number of benzene rings is 1. The molecule has 0 aromatic heterocycles. The minimum absolute atomic E-state index is 0.0908. The number of hydrogen-bond acceptors (Lipinski definition) is 1. The van der Waals surface area contributed by atoms with Gasteiger partial charge in [-0.15, -0.1) is 0 Å². The lowest BCUT2D eigenvalue weighted by molar-refractivity contribution is -0.110. The van der Waals surface area contributed by atoms with Gasteiger partial charge in [-0.2, -0.15) is 0 Å². The number of aldehydes is 1. The number of carbonyl (C=O) groups is 1. The molecular formula is C15H22OSi. The average molecular weight is 246 g/mol. The Morgan fingerprint density at radius 1 is 1.18 bits per heavy atom. The summed E-state index contributed by atoms with van der Waals surface area (Å²) in [7, 11) is -1.63. The normalized spacial score (nSPS) is 15.8. The molecule has 1 aromatic rings. The van der Waals surface area contributed by atoms with E-state index >= 15 is 0 Å². The van der Waals surface area contributed by atoms with Crippen LogP contribution in [0.4, 0.5) is 0 Å². The maximum atomic E-state index is 11.1. The van der Waals surface area contributed by atoms with E-state index in [0.717, 1.165) is 6.29 Å². The molecule has 0 bridgehead atoms. The van der Waals surface area contributed by atoms with Gasteiger partial charge in [0.25, 0.3) is 0 Å². The van der Waals surface area contributed by atoms with Gasteiger partial charge < -0.3 is 4.79 Å². The SMILES string of the molecule is C/C=C/[C@H]([C@@H](C)C=O)[Si](C)(C)c1ccccc1. The Kier molecular flexibility index (Phi) is 4.88. The van der Waals surface area contributed by atoms with Gasteiger partial charge in [0.2, 0.25) is 0 Å².